The average Bonchev–Trinajstić information content (AvgIpc) is 3.57. The third-order valence-electron chi connectivity index (χ3n) is 5.06. The van der Waals surface area contributed by atoms with E-state index in [9.17, 15) is 14.4 Å². The lowest BCUT2D eigenvalue weighted by Crippen LogP contribution is -2.09. The van der Waals surface area contributed by atoms with Crippen molar-refractivity contribution in [2.24, 2.45) is 11.8 Å². The first-order valence-corrected chi connectivity index (χ1v) is 10.3. The molecule has 0 aliphatic heterocycles. The first-order chi connectivity index (χ1) is 15.0. The van der Waals surface area contributed by atoms with Crippen LogP contribution in [0.4, 0.5) is 0 Å². The molecule has 0 heterocycles. The topological polar surface area (TPSA) is 78.9 Å². The smallest absolute Gasteiger partial charge is 0.343 e. The molecule has 162 valence electrons. The van der Waals surface area contributed by atoms with Crippen molar-refractivity contribution in [1.82, 2.24) is 0 Å². The van der Waals surface area contributed by atoms with Crippen LogP contribution in [0, 0.1) is 11.8 Å². The highest BCUT2D eigenvalue weighted by Gasteiger charge is 2.42. The summed E-state index contributed by atoms with van der Waals surface area (Å²) < 4.78 is 15.8. The summed E-state index contributed by atoms with van der Waals surface area (Å²) in [6, 6.07) is 14.0. The molecular formula is C25H26O6. The zero-order valence-corrected chi connectivity index (χ0v) is 17.7. The highest BCUT2D eigenvalue weighted by Crippen LogP contribution is 2.40. The van der Waals surface area contributed by atoms with Gasteiger partial charge in [-0.25, -0.2) is 4.79 Å². The minimum Gasteiger partial charge on any atom is -0.493 e. The number of hydrogen-bond donors (Lipinski definition) is 0. The number of benzene rings is 2. The van der Waals surface area contributed by atoms with Crippen LogP contribution in [0.1, 0.15) is 35.7 Å². The summed E-state index contributed by atoms with van der Waals surface area (Å²) in [6.45, 7) is 2.15. The van der Waals surface area contributed by atoms with Gasteiger partial charge in [-0.1, -0.05) is 30.3 Å². The van der Waals surface area contributed by atoms with Gasteiger partial charge in [0.05, 0.1) is 25.2 Å². The van der Waals surface area contributed by atoms with Crippen LogP contribution in [0.25, 0.3) is 0 Å². The van der Waals surface area contributed by atoms with E-state index in [1.54, 1.807) is 55.5 Å². The highest BCUT2D eigenvalue weighted by molar-refractivity contribution is 5.91. The van der Waals surface area contributed by atoms with Gasteiger partial charge in [0.25, 0.3) is 0 Å². The third-order valence-corrected chi connectivity index (χ3v) is 5.06. The predicted octanol–water partition coefficient (Wildman–Crippen LogP) is 4.17. The SMILES string of the molecule is CCOC(=O)C1CC1/C=C/C(=O)CCc1ccc(OC(=O)c2ccccc2)c(OC)c1. The van der Waals surface area contributed by atoms with Crippen LogP contribution in [0.2, 0.25) is 0 Å². The van der Waals surface area contributed by atoms with Crippen molar-refractivity contribution in [3.63, 3.8) is 0 Å². The van der Waals surface area contributed by atoms with Crippen molar-refractivity contribution >= 4 is 17.7 Å². The fourth-order valence-corrected chi connectivity index (χ4v) is 3.21. The van der Waals surface area contributed by atoms with E-state index in [1.807, 2.05) is 12.1 Å². The largest absolute Gasteiger partial charge is 0.493 e. The van der Waals surface area contributed by atoms with Gasteiger partial charge in [0, 0.05) is 6.42 Å². The van der Waals surface area contributed by atoms with Crippen molar-refractivity contribution in [2.45, 2.75) is 26.2 Å². The number of ketones is 1. The van der Waals surface area contributed by atoms with E-state index in [0.717, 1.165) is 12.0 Å². The Hall–Kier alpha value is -3.41. The second-order valence-corrected chi connectivity index (χ2v) is 7.32. The van der Waals surface area contributed by atoms with Crippen LogP contribution in [0.15, 0.2) is 60.7 Å². The fourth-order valence-electron chi connectivity index (χ4n) is 3.21. The summed E-state index contributed by atoms with van der Waals surface area (Å²) in [5.41, 5.74) is 1.35. The van der Waals surface area contributed by atoms with E-state index in [-0.39, 0.29) is 23.6 Å². The number of carbonyl (C=O) groups is 3. The number of ether oxygens (including phenoxy) is 3. The summed E-state index contributed by atoms with van der Waals surface area (Å²) in [4.78, 5) is 36.1. The zero-order valence-electron chi connectivity index (χ0n) is 17.7. The molecule has 6 nitrogen and oxygen atoms in total. The van der Waals surface area contributed by atoms with Crippen molar-refractivity contribution in [3.8, 4) is 11.5 Å². The Kier molecular flexibility index (Phi) is 7.60. The summed E-state index contributed by atoms with van der Waals surface area (Å²) in [5, 5.41) is 0. The fraction of sp³-hybridized carbons (Fsp3) is 0.320. The minimum absolute atomic E-state index is 0.00643. The lowest BCUT2D eigenvalue weighted by atomic mass is 10.1. The number of methoxy groups -OCH3 is 1. The molecule has 0 bridgehead atoms. The Labute approximate surface area is 181 Å². The van der Waals surface area contributed by atoms with Crippen molar-refractivity contribution in [2.75, 3.05) is 13.7 Å². The molecule has 0 spiro atoms. The predicted molar refractivity (Wildman–Crippen MR) is 115 cm³/mol. The molecule has 1 saturated carbocycles. The average molecular weight is 422 g/mol. The maximum atomic E-state index is 12.3. The van der Waals surface area contributed by atoms with Crippen LogP contribution < -0.4 is 9.47 Å². The monoisotopic (exact) mass is 422 g/mol. The summed E-state index contributed by atoms with van der Waals surface area (Å²) >= 11 is 0. The lowest BCUT2D eigenvalue weighted by Gasteiger charge is -2.11. The van der Waals surface area contributed by atoms with E-state index >= 15 is 0 Å². The molecule has 6 heteroatoms. The van der Waals surface area contributed by atoms with Crippen molar-refractivity contribution in [3.05, 3.63) is 71.8 Å². The van der Waals surface area contributed by atoms with Gasteiger partial charge >= 0.3 is 11.9 Å². The molecule has 31 heavy (non-hydrogen) atoms. The molecule has 0 aromatic heterocycles. The molecule has 3 rings (SSSR count). The number of carbonyl (C=O) groups excluding carboxylic acids is 3. The first kappa shape index (κ1) is 22.3. The molecule has 2 aromatic rings. The Bertz CT molecular complexity index is 963. The van der Waals surface area contributed by atoms with Gasteiger partial charge < -0.3 is 14.2 Å². The van der Waals surface area contributed by atoms with E-state index < -0.39 is 5.97 Å². The van der Waals surface area contributed by atoms with E-state index in [1.165, 1.54) is 7.11 Å². The van der Waals surface area contributed by atoms with Crippen LogP contribution in [0.3, 0.4) is 0 Å². The van der Waals surface area contributed by atoms with Gasteiger partial charge in [-0.3, -0.25) is 9.59 Å². The molecule has 2 aromatic carbocycles. The Morgan fingerprint density at radius 2 is 1.84 bits per heavy atom. The number of rotatable bonds is 10. The van der Waals surface area contributed by atoms with Gasteiger partial charge in [0.2, 0.25) is 0 Å². The van der Waals surface area contributed by atoms with Gasteiger partial charge in [-0.05, 0) is 61.6 Å². The Morgan fingerprint density at radius 3 is 2.55 bits per heavy atom. The Balaban J connectivity index is 1.52. The molecule has 0 saturated heterocycles. The van der Waals surface area contributed by atoms with E-state index in [2.05, 4.69) is 0 Å². The van der Waals surface area contributed by atoms with Gasteiger partial charge in [-0.15, -0.1) is 0 Å². The molecular weight excluding hydrogens is 396 g/mol. The molecule has 1 fully saturated rings. The summed E-state index contributed by atoms with van der Waals surface area (Å²) in [5.74, 6) is 0.0807. The number of esters is 2. The third kappa shape index (κ3) is 6.28. The quantitative estimate of drug-likeness (QED) is 0.325. The van der Waals surface area contributed by atoms with Crippen LogP contribution in [0.5, 0.6) is 11.5 Å². The summed E-state index contributed by atoms with van der Waals surface area (Å²) in [7, 11) is 1.50. The highest BCUT2D eigenvalue weighted by atomic mass is 16.6. The van der Waals surface area contributed by atoms with Crippen LogP contribution >= 0.6 is 0 Å². The van der Waals surface area contributed by atoms with E-state index in [4.69, 9.17) is 14.2 Å². The molecule has 1 aliphatic rings. The number of allylic oxidation sites excluding steroid dienone is 2. The molecule has 0 N–H and O–H groups in total. The number of aryl methyl sites for hydroxylation is 1. The molecule has 2 atom stereocenters. The molecule has 1 aliphatic carbocycles. The normalized spacial score (nSPS) is 17.2. The van der Waals surface area contributed by atoms with Crippen LogP contribution in [-0.2, 0) is 20.7 Å². The van der Waals surface area contributed by atoms with Gasteiger partial charge in [0.1, 0.15) is 0 Å². The standard InChI is InChI=1S/C25H26O6/c1-3-30-25(28)21-16-19(21)11-13-20(26)12-9-17-10-14-22(23(15-17)29-2)31-24(27)18-7-5-4-6-8-18/h4-8,10-11,13-15,19,21H,3,9,12,16H2,1-2H3/b13-11+. The second-order valence-electron chi connectivity index (χ2n) is 7.32. The minimum atomic E-state index is -0.465. The van der Waals surface area contributed by atoms with Crippen molar-refractivity contribution < 1.29 is 28.6 Å². The first-order valence-electron chi connectivity index (χ1n) is 10.3. The van der Waals surface area contributed by atoms with Gasteiger partial charge in [-0.2, -0.15) is 0 Å². The molecule has 0 amide bonds. The molecule has 2 unspecified atom stereocenters. The van der Waals surface area contributed by atoms with Crippen LogP contribution in [-0.4, -0.2) is 31.4 Å². The zero-order chi connectivity index (χ0) is 22.2. The van der Waals surface area contributed by atoms with Gasteiger partial charge in [0.15, 0.2) is 17.3 Å². The maximum Gasteiger partial charge on any atom is 0.343 e. The number of hydrogen-bond acceptors (Lipinski definition) is 6. The maximum absolute atomic E-state index is 12.3. The van der Waals surface area contributed by atoms with Crippen molar-refractivity contribution in [1.29, 1.82) is 0 Å². The lowest BCUT2D eigenvalue weighted by molar-refractivity contribution is -0.144. The Morgan fingerprint density at radius 1 is 1.06 bits per heavy atom. The summed E-state index contributed by atoms with van der Waals surface area (Å²) in [6.07, 6.45) is 4.95. The van der Waals surface area contributed by atoms with E-state index in [0.29, 0.717) is 36.5 Å². The molecule has 0 radical (unpaired) electrons. The second kappa shape index (κ2) is 10.6.